The molecular weight excluding hydrogens is 452 g/mol. The van der Waals surface area contributed by atoms with Crippen molar-refractivity contribution in [1.82, 2.24) is 0 Å². The van der Waals surface area contributed by atoms with Crippen LogP contribution in [0.5, 0.6) is 0 Å². The molecule has 1 unspecified atom stereocenters. The van der Waals surface area contributed by atoms with Gasteiger partial charge in [-0.2, -0.15) is 61.5 Å². The van der Waals surface area contributed by atoms with Crippen LogP contribution in [0.4, 0.5) is 70.2 Å². The third kappa shape index (κ3) is 3.06. The van der Waals surface area contributed by atoms with Crippen LogP contribution in [0, 0.1) is 0 Å². The number of hydrogen-bond donors (Lipinski definition) is 2. The molecule has 0 saturated heterocycles. The summed E-state index contributed by atoms with van der Waals surface area (Å²) in [5.41, 5.74) is 7.08. The van der Waals surface area contributed by atoms with Gasteiger partial charge in [0, 0.05) is 0 Å². The lowest BCUT2D eigenvalue weighted by Gasteiger charge is -2.43. The summed E-state index contributed by atoms with van der Waals surface area (Å²) in [5.74, 6) is -61.0. The molecular formula is C10H8F16N2. The van der Waals surface area contributed by atoms with E-state index >= 15 is 0 Å². The van der Waals surface area contributed by atoms with Crippen molar-refractivity contribution >= 4 is 0 Å². The van der Waals surface area contributed by atoms with Crippen LogP contribution in [-0.2, 0) is 0 Å². The van der Waals surface area contributed by atoms with Gasteiger partial charge in [0.2, 0.25) is 0 Å². The van der Waals surface area contributed by atoms with Crippen molar-refractivity contribution < 1.29 is 70.2 Å². The highest BCUT2D eigenvalue weighted by Gasteiger charge is 2.94. The molecule has 0 amide bonds. The summed E-state index contributed by atoms with van der Waals surface area (Å²) in [7, 11) is 0. The summed E-state index contributed by atoms with van der Waals surface area (Å²) >= 11 is 0. The zero-order chi connectivity index (χ0) is 23.6. The van der Waals surface area contributed by atoms with Gasteiger partial charge in [-0.3, -0.25) is 11.5 Å². The second-order valence-corrected chi connectivity index (χ2v) is 5.45. The Balaban J connectivity index is 6.72. The average molecular weight is 460 g/mol. The smallest absolute Gasteiger partial charge is 0.281 e. The summed E-state index contributed by atoms with van der Waals surface area (Å²) in [6.07, 6.45) is -4.44. The van der Waals surface area contributed by atoms with Crippen molar-refractivity contribution in [3.05, 3.63) is 0 Å². The summed E-state index contributed by atoms with van der Waals surface area (Å²) in [4.78, 5) is 0. The van der Waals surface area contributed by atoms with Crippen molar-refractivity contribution in [2.75, 3.05) is 0 Å². The molecule has 0 aromatic rings. The maximum Gasteiger partial charge on any atom is 0.385 e. The lowest BCUT2D eigenvalue weighted by molar-refractivity contribution is -0.450. The number of rotatable bonds is 8. The Morgan fingerprint density at radius 3 is 0.893 bits per heavy atom. The Morgan fingerprint density at radius 1 is 0.464 bits per heavy atom. The molecule has 0 saturated carbocycles. The Labute approximate surface area is 143 Å². The van der Waals surface area contributed by atoms with E-state index in [0.29, 0.717) is 0 Å². The minimum absolute atomic E-state index is 0.622. The second kappa shape index (κ2) is 6.40. The highest BCUT2D eigenvalue weighted by atomic mass is 19.4. The van der Waals surface area contributed by atoms with E-state index in [0.717, 1.165) is 0 Å². The van der Waals surface area contributed by atoms with Crippen LogP contribution in [0.15, 0.2) is 0 Å². The maximum absolute atomic E-state index is 13.2. The monoisotopic (exact) mass is 460 g/mol. The van der Waals surface area contributed by atoms with Crippen molar-refractivity contribution in [3.63, 3.8) is 0 Å². The van der Waals surface area contributed by atoms with Gasteiger partial charge in [0.1, 0.15) is 0 Å². The average Bonchev–Trinajstić information content (AvgIpc) is 2.44. The fourth-order valence-electron chi connectivity index (χ4n) is 1.49. The number of nitrogens with two attached hydrogens (primary N) is 2. The van der Waals surface area contributed by atoms with E-state index < -0.39 is 60.5 Å². The van der Waals surface area contributed by atoms with E-state index in [9.17, 15) is 70.2 Å². The normalized spacial score (nSPS) is 17.7. The number of halogens is 16. The molecule has 18 heteroatoms. The van der Waals surface area contributed by atoms with Crippen LogP contribution in [0.2, 0.25) is 0 Å². The van der Waals surface area contributed by atoms with Gasteiger partial charge >= 0.3 is 41.5 Å². The van der Waals surface area contributed by atoms with E-state index in [2.05, 4.69) is 11.5 Å². The van der Waals surface area contributed by atoms with Crippen molar-refractivity contribution in [1.29, 1.82) is 0 Å². The highest BCUT2D eigenvalue weighted by molar-refractivity contribution is 5.16. The van der Waals surface area contributed by atoms with E-state index in [1.54, 1.807) is 0 Å². The van der Waals surface area contributed by atoms with Crippen molar-refractivity contribution in [2.24, 2.45) is 11.5 Å². The predicted octanol–water partition coefficient (Wildman–Crippen LogP) is 4.33. The molecule has 0 fully saturated rings. The van der Waals surface area contributed by atoms with Gasteiger partial charge in [0.05, 0.1) is 0 Å². The third-order valence-corrected chi connectivity index (χ3v) is 3.37. The molecule has 1 atom stereocenters. The van der Waals surface area contributed by atoms with Crippen LogP contribution in [0.25, 0.3) is 0 Å². The molecule has 0 aliphatic rings. The zero-order valence-corrected chi connectivity index (χ0v) is 12.8. The van der Waals surface area contributed by atoms with Crippen LogP contribution < -0.4 is 11.5 Å². The molecule has 0 heterocycles. The fraction of sp³-hybridized carbons (Fsp3) is 1.00. The van der Waals surface area contributed by atoms with E-state index in [4.69, 9.17) is 0 Å². The maximum atomic E-state index is 13.2. The Morgan fingerprint density at radius 2 is 0.679 bits per heavy atom. The minimum Gasteiger partial charge on any atom is -0.281 e. The standard InChI is InChI=1S/C10H8F16N2/c1-2(11)3(12,13)4(14,15)5(16,17)6(18,19)7(20,21)8(22,23)9(24,25)10(26,27)28/h2H,27-28H2,1H3. The van der Waals surface area contributed by atoms with Crippen LogP contribution in [0.1, 0.15) is 6.92 Å². The molecule has 28 heavy (non-hydrogen) atoms. The number of alkyl halides is 16. The minimum atomic E-state index is -8.44. The van der Waals surface area contributed by atoms with Gasteiger partial charge in [0.15, 0.2) is 6.17 Å². The molecule has 0 rings (SSSR count). The molecule has 0 aromatic carbocycles. The molecule has 0 radical (unpaired) electrons. The van der Waals surface area contributed by atoms with Crippen LogP contribution in [0.3, 0.4) is 0 Å². The van der Waals surface area contributed by atoms with E-state index in [1.807, 2.05) is 0 Å². The first-order valence-electron chi connectivity index (χ1n) is 6.25. The molecule has 0 aromatic heterocycles. The van der Waals surface area contributed by atoms with Crippen LogP contribution in [-0.4, -0.2) is 53.5 Å². The number of hydrogen-bond acceptors (Lipinski definition) is 2. The van der Waals surface area contributed by atoms with Gasteiger partial charge in [-0.05, 0) is 6.92 Å². The van der Waals surface area contributed by atoms with Crippen molar-refractivity contribution in [2.45, 2.75) is 60.5 Å². The lowest BCUT2D eigenvalue weighted by atomic mass is 9.87. The SMILES string of the molecule is CC(F)C(F)(F)C(F)(F)C(F)(F)C(F)(F)C(F)(F)C(F)(F)C(F)(F)C(N)(N)F. The van der Waals surface area contributed by atoms with Crippen LogP contribution >= 0.6 is 0 Å². The Bertz CT molecular complexity index is 574. The van der Waals surface area contributed by atoms with Gasteiger partial charge < -0.3 is 0 Å². The lowest BCUT2D eigenvalue weighted by Crippen LogP contribution is -2.77. The van der Waals surface area contributed by atoms with Gasteiger partial charge in [-0.1, -0.05) is 0 Å². The Hall–Kier alpha value is -1.20. The molecule has 4 N–H and O–H groups in total. The molecule has 170 valence electrons. The molecule has 0 aliphatic heterocycles. The quantitative estimate of drug-likeness (QED) is 0.322. The van der Waals surface area contributed by atoms with Gasteiger partial charge in [-0.25, -0.2) is 8.78 Å². The van der Waals surface area contributed by atoms with E-state index in [1.165, 1.54) is 0 Å². The van der Waals surface area contributed by atoms with E-state index in [-0.39, 0.29) is 0 Å². The topological polar surface area (TPSA) is 52.0 Å². The first-order valence-corrected chi connectivity index (χ1v) is 6.25. The zero-order valence-electron chi connectivity index (χ0n) is 12.8. The predicted molar refractivity (Wildman–Crippen MR) is 57.4 cm³/mol. The first kappa shape index (κ1) is 26.8. The molecule has 2 nitrogen and oxygen atoms in total. The summed E-state index contributed by atoms with van der Waals surface area (Å²) in [6.45, 7) is -0.622. The summed E-state index contributed by atoms with van der Waals surface area (Å²) < 4.78 is 208. The molecule has 0 aliphatic carbocycles. The third-order valence-electron chi connectivity index (χ3n) is 3.37. The largest absolute Gasteiger partial charge is 0.385 e. The summed E-state index contributed by atoms with van der Waals surface area (Å²) in [6, 6.07) is 0. The van der Waals surface area contributed by atoms with Gasteiger partial charge in [-0.15, -0.1) is 0 Å². The highest BCUT2D eigenvalue weighted by Crippen LogP contribution is 2.63. The van der Waals surface area contributed by atoms with Gasteiger partial charge in [0.25, 0.3) is 5.92 Å². The first-order chi connectivity index (χ1) is 11.7. The molecule has 0 spiro atoms. The van der Waals surface area contributed by atoms with Crippen molar-refractivity contribution in [3.8, 4) is 0 Å². The second-order valence-electron chi connectivity index (χ2n) is 5.45. The molecule has 0 bridgehead atoms. The summed E-state index contributed by atoms with van der Waals surface area (Å²) in [5, 5.41) is 0. The Kier molecular flexibility index (Phi) is 6.12. The fourth-order valence-corrected chi connectivity index (χ4v) is 1.49.